The second-order valence-corrected chi connectivity index (χ2v) is 6.62. The smallest absolute Gasteiger partial charge is 0.407 e. The van der Waals surface area contributed by atoms with Gasteiger partial charge in [-0.3, -0.25) is 0 Å². The Labute approximate surface area is 135 Å². The number of amides is 1. The number of nitrogens with one attached hydrogen (secondary N) is 2. The first-order chi connectivity index (χ1) is 10.2. The minimum Gasteiger partial charge on any atom is -0.444 e. The molecule has 1 aromatic rings. The van der Waals surface area contributed by atoms with Gasteiger partial charge in [0.2, 0.25) is 0 Å². The zero-order valence-electron chi connectivity index (χ0n) is 13.7. The van der Waals surface area contributed by atoms with Crippen molar-refractivity contribution in [1.29, 1.82) is 0 Å². The van der Waals surface area contributed by atoms with E-state index in [0.29, 0.717) is 18.8 Å². The van der Waals surface area contributed by atoms with Gasteiger partial charge in [0.05, 0.1) is 0 Å². The molecule has 0 aromatic heterocycles. The second kappa shape index (κ2) is 8.03. The van der Waals surface area contributed by atoms with Crippen LogP contribution in [-0.4, -0.2) is 42.8 Å². The van der Waals surface area contributed by atoms with Crippen LogP contribution in [0.3, 0.4) is 0 Å². The van der Waals surface area contributed by atoms with Crippen molar-refractivity contribution in [1.82, 2.24) is 5.32 Å². The zero-order chi connectivity index (χ0) is 16.8. The molecule has 0 unspecified atom stereocenters. The number of hydrogen-bond acceptors (Lipinski definition) is 5. The predicted octanol–water partition coefficient (Wildman–Crippen LogP) is 3.39. The van der Waals surface area contributed by atoms with Gasteiger partial charge in [-0.15, -0.1) is 11.8 Å². The summed E-state index contributed by atoms with van der Waals surface area (Å²) in [7, 11) is 1.46. The van der Waals surface area contributed by atoms with Crippen LogP contribution in [-0.2, 0) is 4.74 Å². The molecule has 1 aromatic carbocycles. The molecule has 1 amide bonds. The van der Waals surface area contributed by atoms with Gasteiger partial charge >= 0.3 is 6.09 Å². The molecule has 0 fully saturated rings. The summed E-state index contributed by atoms with van der Waals surface area (Å²) in [5.74, 6) is 0. The van der Waals surface area contributed by atoms with Crippen LogP contribution in [0.5, 0.6) is 0 Å². The lowest BCUT2D eigenvalue weighted by atomic mass is 10.2. The van der Waals surface area contributed by atoms with Crippen molar-refractivity contribution >= 4 is 29.2 Å². The highest BCUT2D eigenvalue weighted by atomic mass is 32.2. The summed E-state index contributed by atoms with van der Waals surface area (Å²) in [6.07, 6.45) is 1.53. The van der Waals surface area contributed by atoms with Crippen molar-refractivity contribution in [3.63, 3.8) is 0 Å². The molecule has 0 bridgehead atoms. The van der Waals surface area contributed by atoms with Crippen LogP contribution >= 0.6 is 11.8 Å². The number of nitroso groups, excluding NO2 is 1. The van der Waals surface area contributed by atoms with Gasteiger partial charge < -0.3 is 15.4 Å². The van der Waals surface area contributed by atoms with Crippen LogP contribution in [0.2, 0.25) is 0 Å². The van der Waals surface area contributed by atoms with Crippen molar-refractivity contribution in [2.24, 2.45) is 0 Å². The number of anilines is 1. The predicted molar refractivity (Wildman–Crippen MR) is 90.2 cm³/mol. The molecule has 0 aliphatic heterocycles. The van der Waals surface area contributed by atoms with E-state index in [1.165, 1.54) is 7.05 Å². The number of ether oxygens (including phenoxy) is 1. The maximum Gasteiger partial charge on any atom is 0.407 e. The van der Waals surface area contributed by atoms with Gasteiger partial charge in [-0.05, 0) is 39.2 Å². The van der Waals surface area contributed by atoms with Crippen LogP contribution in [0.25, 0.3) is 0 Å². The number of carbonyl (C=O) groups excluding carboxylic acids is 1. The summed E-state index contributed by atoms with van der Waals surface area (Å²) >= 11 is 1.60. The van der Waals surface area contributed by atoms with Crippen molar-refractivity contribution in [2.45, 2.75) is 31.3 Å². The molecular formula is C15H24N3O3S+. The molecule has 0 aliphatic carbocycles. The lowest BCUT2D eigenvalue weighted by Crippen LogP contribution is -2.35. The van der Waals surface area contributed by atoms with Crippen LogP contribution < -0.4 is 10.6 Å². The molecule has 0 radical (unpaired) electrons. The maximum absolute atomic E-state index is 11.5. The van der Waals surface area contributed by atoms with E-state index in [1.807, 2.05) is 39.2 Å². The average molecular weight is 326 g/mol. The lowest BCUT2D eigenvalue weighted by Gasteiger charge is -2.19. The first-order valence-corrected chi connectivity index (χ1v) is 8.25. The molecule has 6 nitrogen and oxygen atoms in total. The normalized spacial score (nSPS) is 11.0. The maximum atomic E-state index is 11.5. The summed E-state index contributed by atoms with van der Waals surface area (Å²) in [6, 6.07) is 5.60. The fourth-order valence-corrected chi connectivity index (χ4v) is 2.17. The van der Waals surface area contributed by atoms with Gasteiger partial charge in [-0.2, -0.15) is 0 Å². The van der Waals surface area contributed by atoms with E-state index in [-0.39, 0.29) is 0 Å². The molecule has 2 N–H and O–H groups in total. The molecule has 0 spiro atoms. The number of hydrogen-bond donors (Lipinski definition) is 2. The Morgan fingerprint density at radius 2 is 2.00 bits per heavy atom. The Bertz CT molecular complexity index is 541. The fraction of sp³-hybridized carbons (Fsp3) is 0.533. The summed E-state index contributed by atoms with van der Waals surface area (Å²) in [4.78, 5) is 24.1. The highest BCUT2D eigenvalue weighted by Crippen LogP contribution is 2.28. The third-order valence-electron chi connectivity index (χ3n) is 2.65. The topological polar surface area (TPSA) is 70.4 Å². The molecule has 0 saturated carbocycles. The van der Waals surface area contributed by atoms with Gasteiger partial charge in [0.25, 0.3) is 5.69 Å². The van der Waals surface area contributed by atoms with Gasteiger partial charge in [0, 0.05) is 33.7 Å². The van der Waals surface area contributed by atoms with E-state index >= 15 is 0 Å². The summed E-state index contributed by atoms with van der Waals surface area (Å²) in [5, 5.41) is 5.83. The third-order valence-corrected chi connectivity index (χ3v) is 3.38. The van der Waals surface area contributed by atoms with Crippen LogP contribution in [0, 0.1) is 4.91 Å². The first-order valence-electron chi connectivity index (χ1n) is 7.02. The van der Waals surface area contributed by atoms with E-state index in [4.69, 9.17) is 4.74 Å². The number of nitrogens with zero attached hydrogens (tertiary/aromatic N) is 1. The van der Waals surface area contributed by atoms with E-state index in [0.717, 1.165) is 15.3 Å². The first kappa shape index (κ1) is 18.3. The van der Waals surface area contributed by atoms with E-state index < -0.39 is 11.7 Å². The monoisotopic (exact) mass is 326 g/mol. The lowest BCUT2D eigenvalue weighted by molar-refractivity contribution is -0.427. The molecule has 0 aliphatic rings. The van der Waals surface area contributed by atoms with Crippen LogP contribution in [0.15, 0.2) is 23.1 Å². The van der Waals surface area contributed by atoms with Gasteiger partial charge in [0.15, 0.2) is 7.05 Å². The molecule has 1 rings (SSSR count). The third kappa shape index (κ3) is 6.34. The molecule has 0 atom stereocenters. The fourth-order valence-electron chi connectivity index (χ4n) is 1.73. The second-order valence-electron chi connectivity index (χ2n) is 5.74. The summed E-state index contributed by atoms with van der Waals surface area (Å²) < 4.78 is 5.96. The molecule has 0 saturated heterocycles. The highest BCUT2D eigenvalue weighted by molar-refractivity contribution is 7.98. The van der Waals surface area contributed by atoms with Crippen molar-refractivity contribution in [3.8, 4) is 0 Å². The number of benzene rings is 1. The number of rotatable bonds is 6. The SMILES string of the molecule is CSc1ccc([N+](C)=O)c(NCCNC(=O)OC(C)(C)C)c1. The van der Waals surface area contributed by atoms with Gasteiger partial charge in [-0.25, -0.2) is 4.79 Å². The van der Waals surface area contributed by atoms with E-state index in [9.17, 15) is 9.70 Å². The number of alkyl carbamates (subject to hydrolysis) is 1. The molecule has 122 valence electrons. The van der Waals surface area contributed by atoms with Gasteiger partial charge in [-0.1, -0.05) is 0 Å². The van der Waals surface area contributed by atoms with Crippen molar-refractivity contribution < 1.29 is 14.3 Å². The van der Waals surface area contributed by atoms with Crippen LogP contribution in [0.4, 0.5) is 16.2 Å². The largest absolute Gasteiger partial charge is 0.444 e. The van der Waals surface area contributed by atoms with Crippen molar-refractivity contribution in [2.75, 3.05) is 31.7 Å². The quantitative estimate of drug-likeness (QED) is 0.476. The zero-order valence-corrected chi connectivity index (χ0v) is 14.5. The highest BCUT2D eigenvalue weighted by Gasteiger charge is 2.16. The Morgan fingerprint density at radius 1 is 1.32 bits per heavy atom. The summed E-state index contributed by atoms with van der Waals surface area (Å²) in [5.41, 5.74) is 0.799. The molecular weight excluding hydrogens is 302 g/mol. The number of thioether (sulfide) groups is 1. The number of carbonyl (C=O) groups is 1. The Kier molecular flexibility index (Phi) is 6.67. The molecule has 0 heterocycles. The molecule has 7 heteroatoms. The Balaban J connectivity index is 2.54. The standard InChI is InChI=1S/C15H23N3O3S/c1-15(2,3)21-14(19)17-9-8-16-12-10-11(22-5)6-7-13(12)18(4)20/h6-7,10H,8-9H2,1-5H3,(H-,16,17,19,20)/p+1. The van der Waals surface area contributed by atoms with Crippen LogP contribution in [0.1, 0.15) is 20.8 Å². The Hall–Kier alpha value is -1.76. The summed E-state index contributed by atoms with van der Waals surface area (Å²) in [6.45, 7) is 6.34. The average Bonchev–Trinajstić information content (AvgIpc) is 2.41. The van der Waals surface area contributed by atoms with E-state index in [1.54, 1.807) is 17.8 Å². The minimum absolute atomic E-state index is 0.403. The van der Waals surface area contributed by atoms with E-state index in [2.05, 4.69) is 10.6 Å². The van der Waals surface area contributed by atoms with Crippen molar-refractivity contribution in [3.05, 3.63) is 23.1 Å². The molecule has 22 heavy (non-hydrogen) atoms. The van der Waals surface area contributed by atoms with Gasteiger partial charge in [0.1, 0.15) is 11.3 Å². The Morgan fingerprint density at radius 3 is 2.55 bits per heavy atom. The minimum atomic E-state index is -0.511.